The van der Waals surface area contributed by atoms with Crippen LogP contribution in [-0.4, -0.2) is 26.3 Å². The number of benzene rings is 2. The number of hydrogen-bond donors (Lipinski definition) is 1. The monoisotopic (exact) mass is 411 g/mol. The minimum atomic E-state index is -5.12. The van der Waals surface area contributed by atoms with E-state index in [2.05, 4.69) is 0 Å². The molecule has 0 saturated heterocycles. The molecule has 1 N–H and O–H groups in total. The minimum absolute atomic E-state index is 0.0152. The highest BCUT2D eigenvalue weighted by Gasteiger charge is 2.51. The summed E-state index contributed by atoms with van der Waals surface area (Å²) in [7, 11) is -5.09. The molecule has 1 unspecified atom stereocenters. The normalized spacial score (nSPS) is 13.6. The van der Waals surface area contributed by atoms with Gasteiger partial charge in [0.05, 0.1) is 6.61 Å². The van der Waals surface area contributed by atoms with E-state index in [4.69, 9.17) is 4.74 Å². The van der Waals surface area contributed by atoms with Gasteiger partial charge in [-0.1, -0.05) is 36.4 Å². The summed E-state index contributed by atoms with van der Waals surface area (Å²) in [5.74, 6) is -0.209. The molecule has 0 radical (unpaired) electrons. The zero-order valence-corrected chi connectivity index (χ0v) is 15.5. The number of halogens is 3. The second kappa shape index (κ2) is 8.35. The van der Waals surface area contributed by atoms with E-state index in [1.54, 1.807) is 6.92 Å². The van der Waals surface area contributed by atoms with Crippen LogP contribution in [0.4, 0.5) is 13.2 Å². The van der Waals surface area contributed by atoms with Gasteiger partial charge in [-0.2, -0.15) is 18.4 Å². The third kappa shape index (κ3) is 4.64. The summed E-state index contributed by atoms with van der Waals surface area (Å²) >= 11 is 0. The highest BCUT2D eigenvalue weighted by molar-refractivity contribution is 7.96. The molecule has 1 atom stereocenters. The highest BCUT2D eigenvalue weighted by atomic mass is 32.2. The highest BCUT2D eigenvalue weighted by Crippen LogP contribution is 2.42. The molecule has 2 aromatic carbocycles. The number of rotatable bonds is 6. The third-order valence-corrected chi connectivity index (χ3v) is 5.69. The maximum absolute atomic E-state index is 13.6. The van der Waals surface area contributed by atoms with Crippen LogP contribution in [0.2, 0.25) is 0 Å². The van der Waals surface area contributed by atoms with Crippen LogP contribution >= 0.6 is 0 Å². The van der Waals surface area contributed by atoms with E-state index in [-0.39, 0.29) is 23.7 Å². The summed E-state index contributed by atoms with van der Waals surface area (Å²) in [6.45, 7) is 1.86. The number of allylic oxidation sites excluding steroid dienone is 1. The van der Waals surface area contributed by atoms with Crippen molar-refractivity contribution in [2.75, 3.05) is 6.61 Å². The summed E-state index contributed by atoms with van der Waals surface area (Å²) in [6.07, 6.45) is -4.31. The molecule has 5 nitrogen and oxygen atoms in total. The van der Waals surface area contributed by atoms with Gasteiger partial charge in [0.15, 0.2) is 16.7 Å². The Hall–Kier alpha value is -2.99. The van der Waals surface area contributed by atoms with Crippen molar-refractivity contribution in [3.63, 3.8) is 0 Å². The zero-order chi connectivity index (χ0) is 20.9. The first-order valence-corrected chi connectivity index (χ1v) is 9.59. The van der Waals surface area contributed by atoms with Crippen LogP contribution in [0.3, 0.4) is 0 Å². The summed E-state index contributed by atoms with van der Waals surface area (Å²) in [6, 6.07) is 11.1. The lowest BCUT2D eigenvalue weighted by atomic mass is 10.1. The van der Waals surface area contributed by atoms with Crippen LogP contribution in [-0.2, 0) is 9.84 Å². The van der Waals surface area contributed by atoms with Crippen LogP contribution in [0.25, 0.3) is 6.08 Å². The number of nitrogens with zero attached hydrogens (tertiary/aromatic N) is 1. The van der Waals surface area contributed by atoms with Gasteiger partial charge >= 0.3 is 6.18 Å². The van der Waals surface area contributed by atoms with Crippen molar-refractivity contribution in [3.05, 3.63) is 64.6 Å². The second-order valence-electron chi connectivity index (χ2n) is 5.66. The van der Waals surface area contributed by atoms with Crippen LogP contribution in [0.1, 0.15) is 23.3 Å². The Morgan fingerprint density at radius 1 is 1.25 bits per heavy atom. The number of sulfone groups is 1. The Kier molecular flexibility index (Phi) is 6.36. The van der Waals surface area contributed by atoms with E-state index >= 15 is 0 Å². The molecular weight excluding hydrogens is 395 g/mol. The lowest BCUT2D eigenvalue weighted by Gasteiger charge is -2.20. The largest absolute Gasteiger partial charge is 0.504 e. The Morgan fingerprint density at radius 2 is 1.89 bits per heavy atom. The van der Waals surface area contributed by atoms with Crippen molar-refractivity contribution in [1.82, 2.24) is 0 Å². The molecule has 28 heavy (non-hydrogen) atoms. The van der Waals surface area contributed by atoms with E-state index in [9.17, 15) is 32.0 Å². The van der Waals surface area contributed by atoms with Gasteiger partial charge in [-0.25, -0.2) is 8.42 Å². The molecule has 2 rings (SSSR count). The first kappa shape index (κ1) is 21.3. The van der Waals surface area contributed by atoms with Gasteiger partial charge in [0.25, 0.3) is 0 Å². The van der Waals surface area contributed by atoms with Gasteiger partial charge in [-0.05, 0) is 36.3 Å². The average molecular weight is 411 g/mol. The summed E-state index contributed by atoms with van der Waals surface area (Å²) < 4.78 is 71.3. The smallest absolute Gasteiger partial charge is 0.409 e. The third-order valence-electron chi connectivity index (χ3n) is 3.71. The van der Waals surface area contributed by atoms with Gasteiger partial charge in [-0.3, -0.25) is 0 Å². The maximum atomic E-state index is 13.6. The number of aromatic hydroxyl groups is 1. The molecule has 0 bridgehead atoms. The van der Waals surface area contributed by atoms with Crippen molar-refractivity contribution in [1.29, 1.82) is 5.26 Å². The number of nitriles is 1. The second-order valence-corrected chi connectivity index (χ2v) is 7.66. The number of ether oxygens (including phenoxy) is 1. The van der Waals surface area contributed by atoms with E-state index in [1.165, 1.54) is 42.5 Å². The maximum Gasteiger partial charge on any atom is 0.409 e. The molecule has 9 heteroatoms. The molecule has 2 aromatic rings. The molecule has 0 aliphatic carbocycles. The standard InChI is InChI=1S/C19H16F3NO4S/c1-2-27-17-11-13(8-9-16(17)24)10-15(12-23)28(25,26)18(19(20,21)22)14-6-4-3-5-7-14/h3-11,18,24H,2H2,1H3. The number of phenols is 1. The molecule has 148 valence electrons. The molecule has 0 saturated carbocycles. The quantitative estimate of drug-likeness (QED) is 0.713. The van der Waals surface area contributed by atoms with E-state index in [0.29, 0.717) is 0 Å². The van der Waals surface area contributed by atoms with Crippen LogP contribution < -0.4 is 4.74 Å². The number of phenolic OH excluding ortho intramolecular Hbond substituents is 1. The lowest BCUT2D eigenvalue weighted by molar-refractivity contribution is -0.131. The predicted octanol–water partition coefficient (Wildman–Crippen LogP) is 4.37. The summed E-state index contributed by atoms with van der Waals surface area (Å²) in [5, 5.41) is 16.1. The molecule has 0 aromatic heterocycles. The Balaban J connectivity index is 2.59. The van der Waals surface area contributed by atoms with Crippen molar-refractivity contribution in [2.45, 2.75) is 18.3 Å². The Morgan fingerprint density at radius 3 is 2.43 bits per heavy atom. The van der Waals surface area contributed by atoms with E-state index < -0.39 is 31.7 Å². The predicted molar refractivity (Wildman–Crippen MR) is 97.0 cm³/mol. The first-order valence-electron chi connectivity index (χ1n) is 8.04. The minimum Gasteiger partial charge on any atom is -0.504 e. The molecule has 0 spiro atoms. The van der Waals surface area contributed by atoms with Crippen LogP contribution in [0.5, 0.6) is 11.5 Å². The number of hydrogen-bond acceptors (Lipinski definition) is 5. The summed E-state index contributed by atoms with van der Waals surface area (Å²) in [5.41, 5.74) is -0.396. The van der Waals surface area contributed by atoms with Crippen molar-refractivity contribution < 1.29 is 31.4 Å². The summed E-state index contributed by atoms with van der Waals surface area (Å²) in [4.78, 5) is -1.05. The van der Waals surface area contributed by atoms with Gasteiger partial charge in [-0.15, -0.1) is 0 Å². The molecular formula is C19H16F3NO4S. The van der Waals surface area contributed by atoms with Crippen molar-refractivity contribution >= 4 is 15.9 Å². The molecule has 0 amide bonds. The molecule has 0 aliphatic heterocycles. The van der Waals surface area contributed by atoms with Gasteiger partial charge in [0, 0.05) is 0 Å². The molecule has 0 aliphatic rings. The van der Waals surface area contributed by atoms with Gasteiger partial charge in [0.1, 0.15) is 11.0 Å². The lowest BCUT2D eigenvalue weighted by Crippen LogP contribution is -2.29. The fourth-order valence-corrected chi connectivity index (χ4v) is 4.07. The fourth-order valence-electron chi connectivity index (χ4n) is 2.52. The SMILES string of the molecule is CCOc1cc(C=C(C#N)S(=O)(=O)C(c2ccccc2)C(F)(F)F)ccc1O. The van der Waals surface area contributed by atoms with Gasteiger partial charge in [0.2, 0.25) is 9.84 Å². The average Bonchev–Trinajstić information content (AvgIpc) is 2.61. The van der Waals surface area contributed by atoms with Gasteiger partial charge < -0.3 is 9.84 Å². The van der Waals surface area contributed by atoms with E-state index in [1.807, 2.05) is 0 Å². The Bertz CT molecular complexity index is 1010. The van der Waals surface area contributed by atoms with Crippen molar-refractivity contribution in [2.24, 2.45) is 0 Å². The fraction of sp³-hybridized carbons (Fsp3) is 0.211. The molecule has 0 heterocycles. The number of alkyl halides is 3. The van der Waals surface area contributed by atoms with Crippen LogP contribution in [0, 0.1) is 11.3 Å². The Labute approximate surface area is 160 Å². The van der Waals surface area contributed by atoms with Crippen molar-refractivity contribution in [3.8, 4) is 17.6 Å². The van der Waals surface area contributed by atoms with E-state index in [0.717, 1.165) is 18.2 Å². The first-order chi connectivity index (χ1) is 13.1. The zero-order valence-electron chi connectivity index (χ0n) is 14.6. The topological polar surface area (TPSA) is 87.4 Å². The molecule has 0 fully saturated rings. The van der Waals surface area contributed by atoms with Crippen LogP contribution in [0.15, 0.2) is 53.4 Å².